The summed E-state index contributed by atoms with van der Waals surface area (Å²) in [7, 11) is 1.39. The normalized spacial score (nSPS) is 19.3. The number of carbonyl (C=O) groups is 1. The van der Waals surface area contributed by atoms with Crippen LogP contribution in [-0.2, 0) is 19.7 Å². The fourth-order valence-corrected chi connectivity index (χ4v) is 2.81. The summed E-state index contributed by atoms with van der Waals surface area (Å²) in [5.74, 6) is -0.606. The van der Waals surface area contributed by atoms with Gasteiger partial charge < -0.3 is 18.8 Å². The van der Waals surface area contributed by atoms with E-state index in [0.29, 0.717) is 32.3 Å². The predicted octanol–water partition coefficient (Wildman–Crippen LogP) is 2.75. The van der Waals surface area contributed by atoms with E-state index in [2.05, 4.69) is 37.9 Å². The van der Waals surface area contributed by atoms with Gasteiger partial charge in [-0.25, -0.2) is 0 Å². The Bertz CT molecular complexity index is 732. The number of anilines is 1. The minimum absolute atomic E-state index is 0.0553. The van der Waals surface area contributed by atoms with E-state index in [1.807, 2.05) is 11.0 Å². The van der Waals surface area contributed by atoms with Crippen molar-refractivity contribution in [3.63, 3.8) is 0 Å². The number of hydrogen-bond acceptors (Lipinski definition) is 6. The molecule has 0 N–H and O–H groups in total. The molecule has 3 rings (SSSR count). The number of fused-ring (bicyclic) bond motifs is 1. The summed E-state index contributed by atoms with van der Waals surface area (Å²) >= 11 is 0. The van der Waals surface area contributed by atoms with Crippen LogP contribution in [0.15, 0.2) is 22.6 Å². The van der Waals surface area contributed by atoms with Crippen molar-refractivity contribution in [2.75, 3.05) is 38.3 Å². The molecule has 0 amide bonds. The molecule has 0 aliphatic carbocycles. The lowest BCUT2D eigenvalue weighted by Gasteiger charge is -2.20. The Morgan fingerprint density at radius 1 is 1.38 bits per heavy atom. The Morgan fingerprint density at radius 3 is 2.88 bits per heavy atom. The van der Waals surface area contributed by atoms with Crippen LogP contribution in [0, 0.1) is 5.92 Å². The van der Waals surface area contributed by atoms with Gasteiger partial charge in [0.15, 0.2) is 5.58 Å². The van der Waals surface area contributed by atoms with Gasteiger partial charge in [0.05, 0.1) is 26.2 Å². The molecule has 0 saturated carbocycles. The minimum Gasteiger partial charge on any atom is -0.469 e. The summed E-state index contributed by atoms with van der Waals surface area (Å²) < 4.78 is 16.3. The maximum Gasteiger partial charge on any atom is 0.312 e. The van der Waals surface area contributed by atoms with E-state index in [1.165, 1.54) is 12.7 Å². The van der Waals surface area contributed by atoms with Crippen molar-refractivity contribution < 1.29 is 18.7 Å². The molecule has 2 heterocycles. The summed E-state index contributed by atoms with van der Waals surface area (Å²) in [5, 5.41) is 0. The second-order valence-electron chi connectivity index (χ2n) is 7.17. The number of oxazole rings is 1. The largest absolute Gasteiger partial charge is 0.469 e. The molecule has 130 valence electrons. The molecular formula is C18H24N2O4. The first-order valence-corrected chi connectivity index (χ1v) is 8.20. The van der Waals surface area contributed by atoms with Crippen LogP contribution in [0.1, 0.15) is 26.3 Å². The van der Waals surface area contributed by atoms with Gasteiger partial charge in [-0.3, -0.25) is 4.79 Å². The topological polar surface area (TPSA) is 64.8 Å². The van der Waals surface area contributed by atoms with Crippen molar-refractivity contribution in [3.05, 3.63) is 23.8 Å². The van der Waals surface area contributed by atoms with Crippen LogP contribution in [0.25, 0.3) is 11.1 Å². The molecule has 1 atom stereocenters. The molecule has 6 nitrogen and oxygen atoms in total. The van der Waals surface area contributed by atoms with Gasteiger partial charge in [-0.15, -0.1) is 0 Å². The number of nitrogens with zero attached hydrogens (tertiary/aromatic N) is 2. The van der Waals surface area contributed by atoms with Crippen LogP contribution in [0.5, 0.6) is 0 Å². The second kappa shape index (κ2) is 6.43. The third-order valence-corrected chi connectivity index (χ3v) is 4.31. The van der Waals surface area contributed by atoms with Crippen molar-refractivity contribution in [1.82, 2.24) is 4.98 Å². The van der Waals surface area contributed by atoms with Crippen molar-refractivity contribution in [2.45, 2.75) is 26.2 Å². The molecule has 1 aromatic carbocycles. The van der Waals surface area contributed by atoms with Gasteiger partial charge >= 0.3 is 5.97 Å². The molecule has 6 heteroatoms. The summed E-state index contributed by atoms with van der Waals surface area (Å²) in [6.45, 7) is 8.50. The highest BCUT2D eigenvalue weighted by atomic mass is 16.5. The van der Waals surface area contributed by atoms with E-state index in [-0.39, 0.29) is 17.3 Å². The molecule has 1 aliphatic heterocycles. The number of carbonyl (C=O) groups excluding carboxylic acids is 1. The van der Waals surface area contributed by atoms with E-state index in [1.54, 1.807) is 0 Å². The standard InChI is InChI=1S/C18H24N2O4/c1-18(2,3)13-5-6-15-14(9-13)19-17(24-15)20-7-8-23-11-12(10-20)16(21)22-4/h5-6,9,12H,7-8,10-11H2,1-4H3. The molecule has 0 radical (unpaired) electrons. The summed E-state index contributed by atoms with van der Waals surface area (Å²) in [6.07, 6.45) is 0. The zero-order valence-electron chi connectivity index (χ0n) is 14.7. The first-order chi connectivity index (χ1) is 11.4. The highest BCUT2D eigenvalue weighted by molar-refractivity contribution is 5.76. The van der Waals surface area contributed by atoms with Gasteiger partial charge in [0.25, 0.3) is 6.01 Å². The monoisotopic (exact) mass is 332 g/mol. The van der Waals surface area contributed by atoms with Gasteiger partial charge in [-0.1, -0.05) is 26.8 Å². The third kappa shape index (κ3) is 3.38. The van der Waals surface area contributed by atoms with Crippen molar-refractivity contribution in [2.24, 2.45) is 5.92 Å². The van der Waals surface area contributed by atoms with Crippen LogP contribution in [0.3, 0.4) is 0 Å². The average molecular weight is 332 g/mol. The van der Waals surface area contributed by atoms with Crippen LogP contribution in [0.4, 0.5) is 6.01 Å². The maximum absolute atomic E-state index is 11.8. The van der Waals surface area contributed by atoms with Crippen LogP contribution >= 0.6 is 0 Å². The van der Waals surface area contributed by atoms with Gasteiger partial charge in [0.2, 0.25) is 0 Å². The number of hydrogen-bond donors (Lipinski definition) is 0. The molecular weight excluding hydrogens is 308 g/mol. The van der Waals surface area contributed by atoms with E-state index in [0.717, 1.165) is 11.1 Å². The highest BCUT2D eigenvalue weighted by Crippen LogP contribution is 2.29. The molecule has 0 bridgehead atoms. The Balaban J connectivity index is 1.89. The van der Waals surface area contributed by atoms with E-state index in [9.17, 15) is 4.79 Å². The molecule has 2 aromatic rings. The van der Waals surface area contributed by atoms with Crippen molar-refractivity contribution in [3.8, 4) is 0 Å². The van der Waals surface area contributed by atoms with Crippen LogP contribution < -0.4 is 4.90 Å². The number of esters is 1. The lowest BCUT2D eigenvalue weighted by Crippen LogP contribution is -2.34. The van der Waals surface area contributed by atoms with Crippen LogP contribution in [-0.4, -0.2) is 44.4 Å². The second-order valence-corrected chi connectivity index (χ2v) is 7.17. The number of ether oxygens (including phenoxy) is 2. The van der Waals surface area contributed by atoms with Crippen molar-refractivity contribution >= 4 is 23.1 Å². The molecule has 0 spiro atoms. The number of rotatable bonds is 2. The third-order valence-electron chi connectivity index (χ3n) is 4.31. The molecule has 1 fully saturated rings. The van der Waals surface area contributed by atoms with E-state index < -0.39 is 0 Å². The first kappa shape index (κ1) is 16.8. The number of aromatic nitrogens is 1. The molecule has 1 saturated heterocycles. The Labute approximate surface area is 141 Å². The van der Waals surface area contributed by atoms with Gasteiger partial charge in [-0.05, 0) is 23.1 Å². The van der Waals surface area contributed by atoms with Crippen LogP contribution in [0.2, 0.25) is 0 Å². The number of benzene rings is 1. The molecule has 1 aliphatic rings. The van der Waals surface area contributed by atoms with Gasteiger partial charge in [-0.2, -0.15) is 4.98 Å². The summed E-state index contributed by atoms with van der Waals surface area (Å²) in [4.78, 5) is 18.4. The zero-order chi connectivity index (χ0) is 17.3. The zero-order valence-corrected chi connectivity index (χ0v) is 14.7. The Hall–Kier alpha value is -2.08. The summed E-state index contributed by atoms with van der Waals surface area (Å²) in [6, 6.07) is 6.61. The Morgan fingerprint density at radius 2 is 2.17 bits per heavy atom. The smallest absolute Gasteiger partial charge is 0.312 e. The Kier molecular flexibility index (Phi) is 4.49. The fraction of sp³-hybridized carbons (Fsp3) is 0.556. The first-order valence-electron chi connectivity index (χ1n) is 8.20. The SMILES string of the molecule is COC(=O)C1COCCN(c2nc3cc(C(C)(C)C)ccc3o2)C1. The van der Waals surface area contributed by atoms with Gasteiger partial charge in [0.1, 0.15) is 5.52 Å². The average Bonchev–Trinajstić information content (AvgIpc) is 2.81. The molecule has 1 aromatic heterocycles. The molecule has 1 unspecified atom stereocenters. The van der Waals surface area contributed by atoms with Crippen molar-refractivity contribution in [1.29, 1.82) is 0 Å². The van der Waals surface area contributed by atoms with E-state index in [4.69, 9.17) is 13.9 Å². The minimum atomic E-state index is -0.336. The fourth-order valence-electron chi connectivity index (χ4n) is 2.81. The van der Waals surface area contributed by atoms with E-state index >= 15 is 0 Å². The predicted molar refractivity (Wildman–Crippen MR) is 91.2 cm³/mol. The summed E-state index contributed by atoms with van der Waals surface area (Å²) in [5.41, 5.74) is 2.84. The quantitative estimate of drug-likeness (QED) is 0.788. The highest BCUT2D eigenvalue weighted by Gasteiger charge is 2.28. The lowest BCUT2D eigenvalue weighted by atomic mass is 9.87. The lowest BCUT2D eigenvalue weighted by molar-refractivity contribution is -0.146. The molecule has 24 heavy (non-hydrogen) atoms. The maximum atomic E-state index is 11.8. The number of methoxy groups -OCH3 is 1. The van der Waals surface area contributed by atoms with Gasteiger partial charge in [0, 0.05) is 13.1 Å².